The number of rotatable bonds is 2. The van der Waals surface area contributed by atoms with E-state index in [-0.39, 0.29) is 0 Å². The van der Waals surface area contributed by atoms with Crippen LogP contribution in [0.3, 0.4) is 0 Å². The molecule has 0 bridgehead atoms. The Morgan fingerprint density at radius 2 is 2.25 bits per heavy atom. The molecule has 8 heavy (non-hydrogen) atoms. The molecule has 2 unspecified atom stereocenters. The van der Waals surface area contributed by atoms with E-state index in [2.05, 4.69) is 26.2 Å². The van der Waals surface area contributed by atoms with E-state index < -0.39 is 0 Å². The third-order valence-electron chi connectivity index (χ3n) is 2.58. The van der Waals surface area contributed by atoms with Crippen molar-refractivity contribution in [2.75, 3.05) is 7.05 Å². The average molecular weight is 113 g/mol. The van der Waals surface area contributed by atoms with E-state index in [9.17, 15) is 0 Å². The zero-order valence-electron chi connectivity index (χ0n) is 5.99. The maximum Gasteiger partial charge on any atom is 0.0205 e. The molecular weight excluding hydrogens is 98.1 g/mol. The van der Waals surface area contributed by atoms with E-state index in [0.717, 1.165) is 5.92 Å². The van der Waals surface area contributed by atoms with Crippen LogP contribution in [0.15, 0.2) is 0 Å². The molecule has 0 aromatic carbocycles. The summed E-state index contributed by atoms with van der Waals surface area (Å²) in [5.74, 6) is 0.914. The lowest BCUT2D eigenvalue weighted by Gasteiger charge is -2.10. The zero-order valence-corrected chi connectivity index (χ0v) is 5.99. The second-order valence-corrected chi connectivity index (χ2v) is 2.86. The SMILES string of the molecule is CCC1(NC)CC1C. The molecule has 1 fully saturated rings. The molecule has 0 aliphatic heterocycles. The summed E-state index contributed by atoms with van der Waals surface area (Å²) in [6.45, 7) is 4.56. The van der Waals surface area contributed by atoms with Crippen LogP contribution in [0.5, 0.6) is 0 Å². The van der Waals surface area contributed by atoms with E-state index >= 15 is 0 Å². The summed E-state index contributed by atoms with van der Waals surface area (Å²) < 4.78 is 0. The van der Waals surface area contributed by atoms with Crippen LogP contribution in [0.25, 0.3) is 0 Å². The van der Waals surface area contributed by atoms with Gasteiger partial charge in [-0.2, -0.15) is 0 Å². The van der Waals surface area contributed by atoms with Crippen molar-refractivity contribution in [2.24, 2.45) is 5.92 Å². The molecule has 1 nitrogen and oxygen atoms in total. The summed E-state index contributed by atoms with van der Waals surface area (Å²) >= 11 is 0. The maximum atomic E-state index is 3.35. The summed E-state index contributed by atoms with van der Waals surface area (Å²) in [7, 11) is 2.06. The van der Waals surface area contributed by atoms with Gasteiger partial charge in [-0.3, -0.25) is 0 Å². The first-order chi connectivity index (χ1) is 3.75. The van der Waals surface area contributed by atoms with Crippen molar-refractivity contribution in [3.8, 4) is 0 Å². The van der Waals surface area contributed by atoms with Gasteiger partial charge in [-0.05, 0) is 25.8 Å². The molecule has 0 saturated heterocycles. The van der Waals surface area contributed by atoms with Gasteiger partial charge in [0.1, 0.15) is 0 Å². The molecule has 0 aromatic rings. The molecule has 48 valence electrons. The normalized spacial score (nSPS) is 44.6. The highest BCUT2D eigenvalue weighted by Crippen LogP contribution is 2.44. The summed E-state index contributed by atoms with van der Waals surface area (Å²) in [5.41, 5.74) is 0.542. The Labute approximate surface area is 51.5 Å². The first-order valence-electron chi connectivity index (χ1n) is 3.44. The lowest BCUT2D eigenvalue weighted by molar-refractivity contribution is 0.496. The third-order valence-corrected chi connectivity index (χ3v) is 2.58. The largest absolute Gasteiger partial charge is 0.314 e. The lowest BCUT2D eigenvalue weighted by atomic mass is 10.1. The highest BCUT2D eigenvalue weighted by Gasteiger charge is 2.47. The van der Waals surface area contributed by atoms with Gasteiger partial charge in [0, 0.05) is 5.54 Å². The first-order valence-corrected chi connectivity index (χ1v) is 3.44. The number of hydrogen-bond donors (Lipinski definition) is 1. The van der Waals surface area contributed by atoms with Crippen molar-refractivity contribution in [1.82, 2.24) is 5.32 Å². The highest BCUT2D eigenvalue weighted by molar-refractivity contribution is 5.05. The highest BCUT2D eigenvalue weighted by atomic mass is 15.0. The molecule has 0 amide bonds. The molecule has 1 saturated carbocycles. The van der Waals surface area contributed by atoms with Crippen molar-refractivity contribution < 1.29 is 0 Å². The molecule has 1 aliphatic rings. The van der Waals surface area contributed by atoms with Crippen molar-refractivity contribution >= 4 is 0 Å². The molecule has 0 heterocycles. The Morgan fingerprint density at radius 3 is 2.25 bits per heavy atom. The molecule has 1 rings (SSSR count). The quantitative estimate of drug-likeness (QED) is 0.570. The van der Waals surface area contributed by atoms with Gasteiger partial charge in [-0.15, -0.1) is 0 Å². The molecule has 1 N–H and O–H groups in total. The van der Waals surface area contributed by atoms with Crippen LogP contribution in [0.2, 0.25) is 0 Å². The van der Waals surface area contributed by atoms with Gasteiger partial charge >= 0.3 is 0 Å². The molecular formula is C7H15N. The summed E-state index contributed by atoms with van der Waals surface area (Å²) in [5, 5.41) is 3.35. The average Bonchev–Trinajstić information content (AvgIpc) is 2.43. The van der Waals surface area contributed by atoms with Gasteiger partial charge in [0.15, 0.2) is 0 Å². The van der Waals surface area contributed by atoms with Crippen LogP contribution in [-0.2, 0) is 0 Å². The fourth-order valence-electron chi connectivity index (χ4n) is 1.51. The van der Waals surface area contributed by atoms with Gasteiger partial charge in [0.2, 0.25) is 0 Å². The van der Waals surface area contributed by atoms with Crippen LogP contribution in [0, 0.1) is 5.92 Å². The first kappa shape index (κ1) is 6.09. The van der Waals surface area contributed by atoms with Gasteiger partial charge in [-0.25, -0.2) is 0 Å². The Balaban J connectivity index is 2.39. The van der Waals surface area contributed by atoms with Crippen molar-refractivity contribution in [3.05, 3.63) is 0 Å². The monoisotopic (exact) mass is 113 g/mol. The van der Waals surface area contributed by atoms with E-state index in [1.54, 1.807) is 0 Å². The van der Waals surface area contributed by atoms with Crippen LogP contribution >= 0.6 is 0 Å². The molecule has 0 aromatic heterocycles. The maximum absolute atomic E-state index is 3.35. The Kier molecular flexibility index (Phi) is 1.31. The minimum Gasteiger partial charge on any atom is -0.314 e. The van der Waals surface area contributed by atoms with Crippen LogP contribution in [0.1, 0.15) is 26.7 Å². The summed E-state index contributed by atoms with van der Waals surface area (Å²) in [6.07, 6.45) is 2.66. The zero-order chi connectivity index (χ0) is 6.20. The Bertz CT molecular complexity index is 78.9. The van der Waals surface area contributed by atoms with Gasteiger partial charge in [0.25, 0.3) is 0 Å². The third kappa shape index (κ3) is 0.655. The summed E-state index contributed by atoms with van der Waals surface area (Å²) in [6, 6.07) is 0. The Hall–Kier alpha value is -0.0400. The fourth-order valence-corrected chi connectivity index (χ4v) is 1.51. The number of hydrogen-bond acceptors (Lipinski definition) is 1. The minimum atomic E-state index is 0.542. The van der Waals surface area contributed by atoms with E-state index in [1.165, 1.54) is 12.8 Å². The smallest absolute Gasteiger partial charge is 0.0205 e. The molecule has 1 heteroatoms. The Morgan fingerprint density at radius 1 is 1.75 bits per heavy atom. The predicted molar refractivity (Wildman–Crippen MR) is 35.9 cm³/mol. The fraction of sp³-hybridized carbons (Fsp3) is 1.00. The van der Waals surface area contributed by atoms with Gasteiger partial charge in [-0.1, -0.05) is 13.8 Å². The van der Waals surface area contributed by atoms with Crippen molar-refractivity contribution in [1.29, 1.82) is 0 Å². The van der Waals surface area contributed by atoms with Crippen LogP contribution < -0.4 is 5.32 Å². The molecule has 2 atom stereocenters. The van der Waals surface area contributed by atoms with E-state index in [4.69, 9.17) is 0 Å². The minimum absolute atomic E-state index is 0.542. The van der Waals surface area contributed by atoms with E-state index in [1.807, 2.05) is 0 Å². The van der Waals surface area contributed by atoms with Gasteiger partial charge < -0.3 is 5.32 Å². The van der Waals surface area contributed by atoms with Crippen molar-refractivity contribution in [2.45, 2.75) is 32.2 Å². The second kappa shape index (κ2) is 1.73. The molecule has 1 aliphatic carbocycles. The molecule has 0 spiro atoms. The molecule has 0 radical (unpaired) electrons. The number of nitrogens with one attached hydrogen (secondary N) is 1. The topological polar surface area (TPSA) is 12.0 Å². The van der Waals surface area contributed by atoms with Gasteiger partial charge in [0.05, 0.1) is 0 Å². The summed E-state index contributed by atoms with van der Waals surface area (Å²) in [4.78, 5) is 0. The second-order valence-electron chi connectivity index (χ2n) is 2.86. The predicted octanol–water partition coefficient (Wildman–Crippen LogP) is 1.39. The van der Waals surface area contributed by atoms with E-state index in [0.29, 0.717) is 5.54 Å². The lowest BCUT2D eigenvalue weighted by Crippen LogP contribution is -2.28. The van der Waals surface area contributed by atoms with Crippen LogP contribution in [-0.4, -0.2) is 12.6 Å². The standard InChI is InChI=1S/C7H15N/c1-4-7(8-3)5-6(7)2/h6,8H,4-5H2,1-3H3. The van der Waals surface area contributed by atoms with Crippen LogP contribution in [0.4, 0.5) is 0 Å². The van der Waals surface area contributed by atoms with Crippen molar-refractivity contribution in [3.63, 3.8) is 0 Å².